The molecule has 1 aliphatic heterocycles. The van der Waals surface area contributed by atoms with Gasteiger partial charge in [-0.1, -0.05) is 41.0 Å². The lowest BCUT2D eigenvalue weighted by molar-refractivity contribution is -0.125. The lowest BCUT2D eigenvalue weighted by Gasteiger charge is -2.12. The largest absolute Gasteiger partial charge is 0.351 e. The van der Waals surface area contributed by atoms with Gasteiger partial charge in [-0.25, -0.2) is 0 Å². The third kappa shape index (κ3) is 4.50. The summed E-state index contributed by atoms with van der Waals surface area (Å²) in [4.78, 5) is 35.5. The number of nitrogens with zero attached hydrogens (tertiary/aromatic N) is 1. The molecule has 1 fully saturated rings. The summed E-state index contributed by atoms with van der Waals surface area (Å²) in [6.45, 7) is 0.376. The fraction of sp³-hybridized carbons (Fsp3) is 0.214. The van der Waals surface area contributed by atoms with Crippen molar-refractivity contribution in [3.8, 4) is 0 Å². The number of rotatable bonds is 5. The SMILES string of the molecule is O=C(/C=C/c1ccc(Cl)cc1Cl)NCCN1C(=O)CSC1=O. The topological polar surface area (TPSA) is 66.5 Å². The van der Waals surface area contributed by atoms with E-state index in [0.717, 1.165) is 16.7 Å². The molecule has 0 atom stereocenters. The van der Waals surface area contributed by atoms with E-state index in [-0.39, 0.29) is 35.9 Å². The van der Waals surface area contributed by atoms with Gasteiger partial charge < -0.3 is 5.32 Å². The number of benzene rings is 1. The van der Waals surface area contributed by atoms with E-state index in [1.165, 1.54) is 6.08 Å². The minimum Gasteiger partial charge on any atom is -0.351 e. The number of halogens is 2. The van der Waals surface area contributed by atoms with Crippen LogP contribution in [0.3, 0.4) is 0 Å². The first-order valence-electron chi connectivity index (χ1n) is 6.35. The van der Waals surface area contributed by atoms with Crippen molar-refractivity contribution < 1.29 is 14.4 Å². The van der Waals surface area contributed by atoms with Crippen molar-refractivity contribution in [3.63, 3.8) is 0 Å². The van der Waals surface area contributed by atoms with Crippen LogP contribution in [0.25, 0.3) is 6.08 Å². The van der Waals surface area contributed by atoms with Crippen LogP contribution in [0, 0.1) is 0 Å². The molecular formula is C14H12Cl2N2O3S. The molecule has 1 aliphatic rings. The second kappa shape index (κ2) is 7.67. The van der Waals surface area contributed by atoms with Crippen LogP contribution in [-0.2, 0) is 9.59 Å². The molecule has 1 saturated heterocycles. The minimum atomic E-state index is -0.335. The third-order valence-corrected chi connectivity index (χ3v) is 4.27. The van der Waals surface area contributed by atoms with E-state index in [2.05, 4.69) is 5.32 Å². The quantitative estimate of drug-likeness (QED) is 0.821. The van der Waals surface area contributed by atoms with E-state index in [0.29, 0.717) is 15.6 Å². The number of hydrogen-bond acceptors (Lipinski definition) is 4. The van der Waals surface area contributed by atoms with Crippen LogP contribution >= 0.6 is 35.0 Å². The van der Waals surface area contributed by atoms with E-state index in [9.17, 15) is 14.4 Å². The standard InChI is InChI=1S/C14H12Cl2N2O3S/c15-10-3-1-9(11(16)7-10)2-4-12(19)17-5-6-18-13(20)8-22-14(18)21/h1-4,7H,5-6,8H2,(H,17,19)/b4-2+. The Balaban J connectivity index is 1.81. The Morgan fingerprint density at radius 3 is 2.77 bits per heavy atom. The number of thioether (sulfide) groups is 1. The van der Waals surface area contributed by atoms with Crippen molar-refractivity contribution in [3.05, 3.63) is 39.9 Å². The monoisotopic (exact) mass is 358 g/mol. The number of amides is 3. The first-order chi connectivity index (χ1) is 10.5. The van der Waals surface area contributed by atoms with Crippen LogP contribution in [0.2, 0.25) is 10.0 Å². The molecule has 0 bridgehead atoms. The summed E-state index contributed by atoms with van der Waals surface area (Å²) in [5, 5.41) is 3.29. The molecule has 116 valence electrons. The maximum absolute atomic E-state index is 11.7. The van der Waals surface area contributed by atoms with Gasteiger partial charge in [0.25, 0.3) is 5.24 Å². The third-order valence-electron chi connectivity index (χ3n) is 2.85. The highest BCUT2D eigenvalue weighted by Crippen LogP contribution is 2.22. The molecule has 3 amide bonds. The first kappa shape index (κ1) is 16.9. The molecular weight excluding hydrogens is 347 g/mol. The van der Waals surface area contributed by atoms with Crippen LogP contribution in [0.5, 0.6) is 0 Å². The summed E-state index contributed by atoms with van der Waals surface area (Å²) >= 11 is 12.7. The van der Waals surface area contributed by atoms with E-state index in [1.807, 2.05) is 0 Å². The predicted molar refractivity (Wildman–Crippen MR) is 88.1 cm³/mol. The van der Waals surface area contributed by atoms with Crippen molar-refractivity contribution in [1.82, 2.24) is 10.2 Å². The molecule has 1 heterocycles. The lowest BCUT2D eigenvalue weighted by Crippen LogP contribution is -2.37. The van der Waals surface area contributed by atoms with Gasteiger partial charge in [0.2, 0.25) is 11.8 Å². The average molecular weight is 359 g/mol. The second-order valence-electron chi connectivity index (χ2n) is 4.39. The Labute approximate surface area is 141 Å². The molecule has 2 rings (SSSR count). The molecule has 1 aromatic rings. The summed E-state index contributed by atoms with van der Waals surface area (Å²) in [7, 11) is 0. The van der Waals surface area contributed by atoms with Crippen molar-refractivity contribution in [2.75, 3.05) is 18.8 Å². The molecule has 0 spiro atoms. The highest BCUT2D eigenvalue weighted by molar-refractivity contribution is 8.14. The van der Waals surface area contributed by atoms with Gasteiger partial charge in [-0.3, -0.25) is 19.3 Å². The van der Waals surface area contributed by atoms with Crippen molar-refractivity contribution in [2.45, 2.75) is 0 Å². The summed E-state index contributed by atoms with van der Waals surface area (Å²) in [6, 6.07) is 4.96. The number of hydrogen-bond donors (Lipinski definition) is 1. The zero-order valence-corrected chi connectivity index (χ0v) is 13.7. The molecule has 8 heteroatoms. The Kier molecular flexibility index (Phi) is 5.88. The lowest BCUT2D eigenvalue weighted by atomic mass is 10.2. The molecule has 0 aliphatic carbocycles. The van der Waals surface area contributed by atoms with Crippen molar-refractivity contribution >= 4 is 58.1 Å². The smallest absolute Gasteiger partial charge is 0.288 e. The second-order valence-corrected chi connectivity index (χ2v) is 6.16. The van der Waals surface area contributed by atoms with Crippen LogP contribution < -0.4 is 5.32 Å². The van der Waals surface area contributed by atoms with Gasteiger partial charge in [-0.05, 0) is 23.8 Å². The Hall–Kier alpha value is -1.50. The van der Waals surface area contributed by atoms with Crippen LogP contribution in [0.4, 0.5) is 4.79 Å². The van der Waals surface area contributed by atoms with Crippen molar-refractivity contribution in [2.24, 2.45) is 0 Å². The number of imide groups is 1. The molecule has 22 heavy (non-hydrogen) atoms. The Morgan fingerprint density at radius 2 is 2.14 bits per heavy atom. The maximum atomic E-state index is 11.7. The van der Waals surface area contributed by atoms with Gasteiger partial charge in [0, 0.05) is 29.2 Å². The van der Waals surface area contributed by atoms with Gasteiger partial charge in [0.05, 0.1) is 5.75 Å². The number of nitrogens with one attached hydrogen (secondary N) is 1. The molecule has 5 nitrogen and oxygen atoms in total. The van der Waals surface area contributed by atoms with E-state index in [4.69, 9.17) is 23.2 Å². The van der Waals surface area contributed by atoms with Gasteiger partial charge in [-0.2, -0.15) is 0 Å². The molecule has 0 saturated carbocycles. The molecule has 0 unspecified atom stereocenters. The maximum Gasteiger partial charge on any atom is 0.288 e. The van der Waals surface area contributed by atoms with Crippen LogP contribution in [0.15, 0.2) is 24.3 Å². The summed E-state index contributed by atoms with van der Waals surface area (Å²) in [5.74, 6) is -0.396. The highest BCUT2D eigenvalue weighted by atomic mass is 35.5. The molecule has 1 N–H and O–H groups in total. The Morgan fingerprint density at radius 1 is 1.36 bits per heavy atom. The minimum absolute atomic E-state index is 0.168. The Bertz CT molecular complexity index is 633. The molecule has 0 aromatic heterocycles. The van der Waals surface area contributed by atoms with Gasteiger partial charge in [0.15, 0.2) is 0 Å². The van der Waals surface area contributed by atoms with E-state index < -0.39 is 0 Å². The predicted octanol–water partition coefficient (Wildman–Crippen LogP) is 2.82. The molecule has 0 radical (unpaired) electrons. The fourth-order valence-corrected chi connectivity index (χ4v) is 2.97. The van der Waals surface area contributed by atoms with Gasteiger partial charge >= 0.3 is 0 Å². The van der Waals surface area contributed by atoms with Gasteiger partial charge in [0.1, 0.15) is 0 Å². The van der Waals surface area contributed by atoms with Crippen LogP contribution in [0.1, 0.15) is 5.56 Å². The van der Waals surface area contributed by atoms with Crippen molar-refractivity contribution in [1.29, 1.82) is 0 Å². The van der Waals surface area contributed by atoms with Crippen LogP contribution in [-0.4, -0.2) is 40.8 Å². The number of carbonyl (C=O) groups is 3. The van der Waals surface area contributed by atoms with E-state index >= 15 is 0 Å². The first-order valence-corrected chi connectivity index (χ1v) is 8.09. The summed E-state index contributed by atoms with van der Waals surface area (Å²) in [6.07, 6.45) is 2.90. The number of carbonyl (C=O) groups excluding carboxylic acids is 3. The summed E-state index contributed by atoms with van der Waals surface area (Å²) < 4.78 is 0. The highest BCUT2D eigenvalue weighted by Gasteiger charge is 2.29. The summed E-state index contributed by atoms with van der Waals surface area (Å²) in [5.41, 5.74) is 0.669. The fourth-order valence-electron chi connectivity index (χ4n) is 1.75. The van der Waals surface area contributed by atoms with E-state index in [1.54, 1.807) is 24.3 Å². The average Bonchev–Trinajstić information content (AvgIpc) is 2.78. The zero-order valence-electron chi connectivity index (χ0n) is 11.3. The van der Waals surface area contributed by atoms with Gasteiger partial charge in [-0.15, -0.1) is 0 Å². The molecule has 1 aromatic carbocycles. The zero-order chi connectivity index (χ0) is 16.1. The normalized spacial score (nSPS) is 14.9.